The molecule has 3 aromatic rings. The van der Waals surface area contributed by atoms with E-state index in [1.54, 1.807) is 42.5 Å². The van der Waals surface area contributed by atoms with Crippen molar-refractivity contribution in [3.63, 3.8) is 0 Å². The molecule has 4 rings (SSSR count). The number of fused-ring (bicyclic) bond motifs is 1. The van der Waals surface area contributed by atoms with Gasteiger partial charge in [0, 0.05) is 17.2 Å². The fourth-order valence-electron chi connectivity index (χ4n) is 3.31. The number of aromatic nitrogens is 1. The van der Waals surface area contributed by atoms with Gasteiger partial charge in [-0.1, -0.05) is 6.07 Å². The van der Waals surface area contributed by atoms with E-state index in [2.05, 4.69) is 26.2 Å². The van der Waals surface area contributed by atoms with E-state index in [0.717, 1.165) is 0 Å². The summed E-state index contributed by atoms with van der Waals surface area (Å²) < 4.78 is 12.0. The van der Waals surface area contributed by atoms with Gasteiger partial charge in [0.1, 0.15) is 33.7 Å². The SMILES string of the molecule is N#Cc1cc2c(cc1Oc1ccc(C(=O)Nc3cccc(Br)n3)cc1)OCCC2C(=O)O. The molecule has 0 saturated heterocycles. The van der Waals surface area contributed by atoms with E-state index in [1.165, 1.54) is 12.1 Å². The first-order valence-corrected chi connectivity index (χ1v) is 10.4. The maximum atomic E-state index is 12.4. The van der Waals surface area contributed by atoms with Crippen LogP contribution in [0.25, 0.3) is 0 Å². The third-order valence-electron chi connectivity index (χ3n) is 4.87. The summed E-state index contributed by atoms with van der Waals surface area (Å²) in [4.78, 5) is 28.1. The Morgan fingerprint density at radius 3 is 2.69 bits per heavy atom. The lowest BCUT2D eigenvalue weighted by Gasteiger charge is -2.24. The fourth-order valence-corrected chi connectivity index (χ4v) is 3.66. The molecule has 0 fully saturated rings. The first-order valence-electron chi connectivity index (χ1n) is 9.60. The van der Waals surface area contributed by atoms with Crippen molar-refractivity contribution in [1.29, 1.82) is 5.26 Å². The first-order chi connectivity index (χ1) is 15.4. The van der Waals surface area contributed by atoms with Gasteiger partial charge in [0.15, 0.2) is 0 Å². The van der Waals surface area contributed by atoms with Gasteiger partial charge in [0.05, 0.1) is 18.1 Å². The number of hydrogen-bond acceptors (Lipinski definition) is 6. The van der Waals surface area contributed by atoms with Crippen molar-refractivity contribution < 1.29 is 24.2 Å². The number of anilines is 1. The lowest BCUT2D eigenvalue weighted by atomic mass is 9.91. The van der Waals surface area contributed by atoms with Gasteiger partial charge in [-0.05, 0) is 64.8 Å². The first kappa shape index (κ1) is 21.3. The number of carboxylic acids is 1. The molecule has 1 atom stereocenters. The van der Waals surface area contributed by atoms with Gasteiger partial charge in [-0.25, -0.2) is 4.98 Å². The van der Waals surface area contributed by atoms with Crippen molar-refractivity contribution in [2.24, 2.45) is 0 Å². The Bertz CT molecular complexity index is 1240. The zero-order valence-electron chi connectivity index (χ0n) is 16.5. The number of nitrogens with zero attached hydrogens (tertiary/aromatic N) is 2. The van der Waals surface area contributed by atoms with Crippen LogP contribution in [0.4, 0.5) is 5.82 Å². The van der Waals surface area contributed by atoms with Crippen molar-refractivity contribution in [2.45, 2.75) is 12.3 Å². The highest BCUT2D eigenvalue weighted by Crippen LogP contribution is 2.39. The van der Waals surface area contributed by atoms with Crippen LogP contribution in [0.15, 0.2) is 59.2 Å². The standard InChI is InChI=1S/C23H16BrN3O5/c24-20-2-1-3-21(26-20)27-22(28)13-4-6-15(7-5-13)32-18-11-19-17(10-14(18)12-25)16(23(29)30)8-9-31-19/h1-7,10-11,16H,8-9H2,(H,29,30)(H,26,27,28). The molecule has 1 aliphatic rings. The van der Waals surface area contributed by atoms with E-state index < -0.39 is 11.9 Å². The molecule has 1 amide bonds. The van der Waals surface area contributed by atoms with E-state index in [-0.39, 0.29) is 23.8 Å². The number of nitriles is 1. The van der Waals surface area contributed by atoms with E-state index in [4.69, 9.17) is 9.47 Å². The van der Waals surface area contributed by atoms with Crippen molar-refractivity contribution >= 4 is 33.6 Å². The second-order valence-electron chi connectivity index (χ2n) is 6.95. The van der Waals surface area contributed by atoms with Gasteiger partial charge in [-0.15, -0.1) is 0 Å². The van der Waals surface area contributed by atoms with Crippen LogP contribution in [0, 0.1) is 11.3 Å². The van der Waals surface area contributed by atoms with Crippen LogP contribution in [0.1, 0.15) is 33.8 Å². The number of halogens is 1. The number of carbonyl (C=O) groups excluding carboxylic acids is 1. The Morgan fingerprint density at radius 2 is 2.00 bits per heavy atom. The molecule has 2 aromatic carbocycles. The van der Waals surface area contributed by atoms with Crippen molar-refractivity contribution in [1.82, 2.24) is 4.98 Å². The minimum atomic E-state index is -0.959. The predicted octanol–water partition coefficient (Wildman–Crippen LogP) is 4.71. The Labute approximate surface area is 191 Å². The summed E-state index contributed by atoms with van der Waals surface area (Å²) in [5.41, 5.74) is 1.06. The molecule has 2 N–H and O–H groups in total. The summed E-state index contributed by atoms with van der Waals surface area (Å²) in [6, 6.07) is 16.6. The van der Waals surface area contributed by atoms with E-state index >= 15 is 0 Å². The van der Waals surface area contributed by atoms with Crippen LogP contribution in [-0.2, 0) is 4.79 Å². The number of amides is 1. The molecule has 1 unspecified atom stereocenters. The van der Waals surface area contributed by atoms with Crippen molar-refractivity contribution in [3.8, 4) is 23.3 Å². The number of hydrogen-bond donors (Lipinski definition) is 2. The van der Waals surface area contributed by atoms with Gasteiger partial charge < -0.3 is 19.9 Å². The highest BCUT2D eigenvalue weighted by atomic mass is 79.9. The molecule has 0 bridgehead atoms. The van der Waals surface area contributed by atoms with Crippen LogP contribution in [0.2, 0.25) is 0 Å². The molecule has 1 aliphatic heterocycles. The highest BCUT2D eigenvalue weighted by molar-refractivity contribution is 9.10. The number of carbonyl (C=O) groups is 2. The van der Waals surface area contributed by atoms with E-state index in [9.17, 15) is 20.0 Å². The quantitative estimate of drug-likeness (QED) is 0.493. The van der Waals surface area contributed by atoms with Crippen LogP contribution < -0.4 is 14.8 Å². The highest BCUT2D eigenvalue weighted by Gasteiger charge is 2.29. The molecule has 1 aromatic heterocycles. The van der Waals surface area contributed by atoms with Crippen LogP contribution in [0.3, 0.4) is 0 Å². The van der Waals surface area contributed by atoms with Crippen LogP contribution >= 0.6 is 15.9 Å². The minimum Gasteiger partial charge on any atom is -0.493 e. The second kappa shape index (κ2) is 9.08. The number of ether oxygens (including phenoxy) is 2. The third-order valence-corrected chi connectivity index (χ3v) is 5.31. The molecule has 9 heteroatoms. The van der Waals surface area contributed by atoms with Gasteiger partial charge in [0.25, 0.3) is 5.91 Å². The summed E-state index contributed by atoms with van der Waals surface area (Å²) in [6.45, 7) is 0.270. The van der Waals surface area contributed by atoms with Gasteiger partial charge in [-0.2, -0.15) is 5.26 Å². The molecule has 0 spiro atoms. The summed E-state index contributed by atoms with van der Waals surface area (Å²) in [7, 11) is 0. The lowest BCUT2D eigenvalue weighted by Crippen LogP contribution is -2.21. The Balaban J connectivity index is 1.53. The third kappa shape index (κ3) is 4.55. The number of nitrogens with one attached hydrogen (secondary N) is 1. The number of aliphatic carboxylic acids is 1. The molecule has 32 heavy (non-hydrogen) atoms. The summed E-state index contributed by atoms with van der Waals surface area (Å²) >= 11 is 3.25. The topological polar surface area (TPSA) is 122 Å². The monoisotopic (exact) mass is 493 g/mol. The maximum Gasteiger partial charge on any atom is 0.311 e. The molecule has 8 nitrogen and oxygen atoms in total. The Kier molecular flexibility index (Phi) is 6.05. The summed E-state index contributed by atoms with van der Waals surface area (Å²) in [6.07, 6.45) is 0.340. The lowest BCUT2D eigenvalue weighted by molar-refractivity contribution is -0.139. The molecule has 0 saturated carbocycles. The second-order valence-corrected chi connectivity index (χ2v) is 7.76. The average Bonchev–Trinajstić information content (AvgIpc) is 2.78. The smallest absolute Gasteiger partial charge is 0.311 e. The molecular formula is C23H16BrN3O5. The average molecular weight is 494 g/mol. The Hall–Kier alpha value is -3.90. The molecular weight excluding hydrogens is 478 g/mol. The minimum absolute atomic E-state index is 0.197. The predicted molar refractivity (Wildman–Crippen MR) is 118 cm³/mol. The maximum absolute atomic E-state index is 12.4. The number of rotatable bonds is 5. The van der Waals surface area contributed by atoms with Crippen molar-refractivity contribution in [2.75, 3.05) is 11.9 Å². The van der Waals surface area contributed by atoms with Crippen LogP contribution in [0.5, 0.6) is 17.2 Å². The summed E-state index contributed by atoms with van der Waals surface area (Å²) in [5.74, 6) is -0.567. The number of carboxylic acid groups (broad SMARTS) is 1. The van der Waals surface area contributed by atoms with Crippen LogP contribution in [-0.4, -0.2) is 28.6 Å². The van der Waals surface area contributed by atoms with Gasteiger partial charge in [-0.3, -0.25) is 9.59 Å². The normalized spacial score (nSPS) is 14.4. The van der Waals surface area contributed by atoms with E-state index in [0.29, 0.717) is 39.5 Å². The van der Waals surface area contributed by atoms with Gasteiger partial charge in [0.2, 0.25) is 0 Å². The largest absolute Gasteiger partial charge is 0.493 e. The van der Waals surface area contributed by atoms with Gasteiger partial charge >= 0.3 is 5.97 Å². The zero-order valence-corrected chi connectivity index (χ0v) is 18.1. The molecule has 0 radical (unpaired) electrons. The molecule has 160 valence electrons. The zero-order chi connectivity index (χ0) is 22.7. The van der Waals surface area contributed by atoms with E-state index in [1.807, 2.05) is 6.07 Å². The van der Waals surface area contributed by atoms with Crippen molar-refractivity contribution in [3.05, 3.63) is 75.9 Å². The fraction of sp³-hybridized carbons (Fsp3) is 0.130. The summed E-state index contributed by atoms with van der Waals surface area (Å²) in [5, 5.41) is 21.6. The molecule has 2 heterocycles. The Morgan fingerprint density at radius 1 is 1.22 bits per heavy atom. The molecule has 0 aliphatic carbocycles. The number of benzene rings is 2. The number of pyridine rings is 1.